The number of nitrogens with one attached hydrogen (secondary N) is 1. The topological polar surface area (TPSA) is 75.9 Å². The maximum atomic E-state index is 11.1. The highest BCUT2D eigenvalue weighted by molar-refractivity contribution is 6.30. The predicted molar refractivity (Wildman–Crippen MR) is 108 cm³/mol. The standard InChI is InChI=1S/C20H23ClN6O/c1-14(28)22-8-10-27-20-19(23-6-7-24-20)18(25-27)16-5-9-26(13-16)12-15-3-2-4-17(21)11-15/h2-4,6-7,11,16H,5,8-10,12-13H2,1H3,(H,22,28)/t16-/m1/s1. The molecule has 0 aliphatic carbocycles. The third-order valence-electron chi connectivity index (χ3n) is 5.05. The van der Waals surface area contributed by atoms with E-state index in [0.29, 0.717) is 19.0 Å². The fraction of sp³-hybridized carbons (Fsp3) is 0.400. The molecule has 7 nitrogen and oxygen atoms in total. The largest absolute Gasteiger partial charge is 0.354 e. The maximum absolute atomic E-state index is 11.1. The van der Waals surface area contributed by atoms with Crippen LogP contribution in [-0.4, -0.2) is 50.2 Å². The van der Waals surface area contributed by atoms with Gasteiger partial charge in [0.2, 0.25) is 5.91 Å². The molecule has 0 unspecified atom stereocenters. The average Bonchev–Trinajstić information content (AvgIpc) is 3.26. The average molecular weight is 399 g/mol. The first-order valence-electron chi connectivity index (χ1n) is 9.49. The molecule has 146 valence electrons. The van der Waals surface area contributed by atoms with E-state index in [1.54, 1.807) is 12.4 Å². The summed E-state index contributed by atoms with van der Waals surface area (Å²) in [6.45, 7) is 5.43. The van der Waals surface area contributed by atoms with Crippen molar-refractivity contribution < 1.29 is 4.79 Å². The Hall–Kier alpha value is -2.51. The van der Waals surface area contributed by atoms with Crippen molar-refractivity contribution >= 4 is 28.7 Å². The number of likely N-dealkylation sites (tertiary alicyclic amines) is 1. The van der Waals surface area contributed by atoms with E-state index in [4.69, 9.17) is 16.7 Å². The minimum Gasteiger partial charge on any atom is -0.354 e. The molecule has 0 radical (unpaired) electrons. The number of carbonyl (C=O) groups excluding carboxylic acids is 1. The lowest BCUT2D eigenvalue weighted by Gasteiger charge is -2.15. The third-order valence-corrected chi connectivity index (χ3v) is 5.28. The summed E-state index contributed by atoms with van der Waals surface area (Å²) >= 11 is 6.11. The van der Waals surface area contributed by atoms with E-state index in [2.05, 4.69) is 26.3 Å². The van der Waals surface area contributed by atoms with Gasteiger partial charge in [-0.3, -0.25) is 9.69 Å². The summed E-state index contributed by atoms with van der Waals surface area (Å²) in [6, 6.07) is 8.02. The molecule has 1 aliphatic rings. The lowest BCUT2D eigenvalue weighted by Crippen LogP contribution is -2.25. The van der Waals surface area contributed by atoms with Gasteiger partial charge in [-0.1, -0.05) is 23.7 Å². The van der Waals surface area contributed by atoms with E-state index in [-0.39, 0.29) is 5.91 Å². The van der Waals surface area contributed by atoms with E-state index in [0.717, 1.165) is 47.9 Å². The van der Waals surface area contributed by atoms with Crippen LogP contribution in [0.1, 0.15) is 30.5 Å². The molecule has 8 heteroatoms. The number of aromatic nitrogens is 4. The van der Waals surface area contributed by atoms with Crippen LogP contribution in [0.3, 0.4) is 0 Å². The molecule has 0 saturated carbocycles. The second-order valence-corrected chi connectivity index (χ2v) is 7.61. The van der Waals surface area contributed by atoms with Crippen molar-refractivity contribution in [3.63, 3.8) is 0 Å². The molecule has 3 heterocycles. The first-order chi connectivity index (χ1) is 13.6. The van der Waals surface area contributed by atoms with Crippen LogP contribution in [0.15, 0.2) is 36.7 Å². The van der Waals surface area contributed by atoms with Crippen LogP contribution in [0.25, 0.3) is 11.2 Å². The number of benzene rings is 1. The fourth-order valence-corrected chi connectivity index (χ4v) is 4.00. The van der Waals surface area contributed by atoms with Crippen molar-refractivity contribution in [2.75, 3.05) is 19.6 Å². The SMILES string of the molecule is CC(=O)NCCn1nc([C@@H]2CCN(Cc3cccc(Cl)c3)C2)c2nccnc21. The van der Waals surface area contributed by atoms with Crippen LogP contribution >= 0.6 is 11.6 Å². The van der Waals surface area contributed by atoms with E-state index < -0.39 is 0 Å². The van der Waals surface area contributed by atoms with Gasteiger partial charge in [-0.25, -0.2) is 14.6 Å². The van der Waals surface area contributed by atoms with E-state index in [9.17, 15) is 4.79 Å². The minimum atomic E-state index is -0.0461. The third kappa shape index (κ3) is 4.15. The van der Waals surface area contributed by atoms with Crippen molar-refractivity contribution in [1.82, 2.24) is 30.0 Å². The zero-order chi connectivity index (χ0) is 19.5. The molecule has 1 fully saturated rings. The second kappa shape index (κ2) is 8.24. The zero-order valence-electron chi connectivity index (χ0n) is 15.8. The number of rotatable bonds is 6. The van der Waals surface area contributed by atoms with Crippen LogP contribution in [0, 0.1) is 0 Å². The monoisotopic (exact) mass is 398 g/mol. The number of hydrogen-bond acceptors (Lipinski definition) is 5. The maximum Gasteiger partial charge on any atom is 0.216 e. The molecule has 28 heavy (non-hydrogen) atoms. The van der Waals surface area contributed by atoms with Crippen LogP contribution < -0.4 is 5.32 Å². The van der Waals surface area contributed by atoms with Crippen molar-refractivity contribution in [3.8, 4) is 0 Å². The molecular weight excluding hydrogens is 376 g/mol. The van der Waals surface area contributed by atoms with E-state index in [1.807, 2.05) is 22.9 Å². The van der Waals surface area contributed by atoms with Gasteiger partial charge in [0, 0.05) is 49.9 Å². The van der Waals surface area contributed by atoms with E-state index in [1.165, 1.54) is 12.5 Å². The van der Waals surface area contributed by atoms with Crippen LogP contribution in [0.5, 0.6) is 0 Å². The van der Waals surface area contributed by atoms with Crippen molar-refractivity contribution in [1.29, 1.82) is 0 Å². The summed E-state index contributed by atoms with van der Waals surface area (Å²) < 4.78 is 1.85. The van der Waals surface area contributed by atoms with Crippen molar-refractivity contribution in [2.24, 2.45) is 0 Å². The zero-order valence-corrected chi connectivity index (χ0v) is 16.6. The predicted octanol–water partition coefficient (Wildman–Crippen LogP) is 2.61. The highest BCUT2D eigenvalue weighted by Crippen LogP contribution is 2.31. The summed E-state index contributed by atoms with van der Waals surface area (Å²) in [5.74, 6) is 0.274. The van der Waals surface area contributed by atoms with Crippen LogP contribution in [0.2, 0.25) is 5.02 Å². The Balaban J connectivity index is 1.50. The number of nitrogens with zero attached hydrogens (tertiary/aromatic N) is 5. The molecule has 0 spiro atoms. The molecule has 3 aromatic rings. The number of fused-ring (bicyclic) bond motifs is 1. The first-order valence-corrected chi connectivity index (χ1v) is 9.86. The minimum absolute atomic E-state index is 0.0461. The smallest absolute Gasteiger partial charge is 0.216 e. The molecule has 1 amide bonds. The van der Waals surface area contributed by atoms with E-state index >= 15 is 0 Å². The van der Waals surface area contributed by atoms with Crippen LogP contribution in [-0.2, 0) is 17.9 Å². The summed E-state index contributed by atoms with van der Waals surface area (Å²) in [5.41, 5.74) is 3.86. The molecule has 1 N–H and O–H groups in total. The second-order valence-electron chi connectivity index (χ2n) is 7.17. The highest BCUT2D eigenvalue weighted by Gasteiger charge is 2.29. The van der Waals surface area contributed by atoms with Crippen molar-refractivity contribution in [2.45, 2.75) is 32.4 Å². The summed E-state index contributed by atoms with van der Waals surface area (Å²) in [7, 11) is 0. The molecule has 1 aliphatic heterocycles. The van der Waals surface area contributed by atoms with Gasteiger partial charge < -0.3 is 5.32 Å². The number of hydrogen-bond donors (Lipinski definition) is 1. The first kappa shape index (κ1) is 18.8. The van der Waals surface area contributed by atoms with Gasteiger partial charge in [0.25, 0.3) is 0 Å². The molecule has 1 atom stereocenters. The quantitative estimate of drug-likeness (QED) is 0.690. The normalized spacial score (nSPS) is 17.3. The molecule has 0 bridgehead atoms. The Morgan fingerprint density at radius 3 is 3.00 bits per heavy atom. The Bertz CT molecular complexity index is 988. The fourth-order valence-electron chi connectivity index (χ4n) is 3.79. The van der Waals surface area contributed by atoms with Gasteiger partial charge in [-0.15, -0.1) is 0 Å². The van der Waals surface area contributed by atoms with Gasteiger partial charge in [-0.05, 0) is 30.7 Å². The number of carbonyl (C=O) groups is 1. The van der Waals surface area contributed by atoms with Crippen LogP contribution in [0.4, 0.5) is 0 Å². The Morgan fingerprint density at radius 1 is 1.32 bits per heavy atom. The highest BCUT2D eigenvalue weighted by atomic mass is 35.5. The van der Waals surface area contributed by atoms with Gasteiger partial charge >= 0.3 is 0 Å². The molecule has 4 rings (SSSR count). The number of amides is 1. The van der Waals surface area contributed by atoms with Crippen molar-refractivity contribution in [3.05, 3.63) is 52.9 Å². The van der Waals surface area contributed by atoms with Gasteiger partial charge in [0.1, 0.15) is 5.52 Å². The van der Waals surface area contributed by atoms with Gasteiger partial charge in [0.15, 0.2) is 5.65 Å². The van der Waals surface area contributed by atoms with Gasteiger partial charge in [0.05, 0.1) is 12.2 Å². The lowest BCUT2D eigenvalue weighted by molar-refractivity contribution is -0.118. The number of halogens is 1. The lowest BCUT2D eigenvalue weighted by atomic mass is 10.0. The van der Waals surface area contributed by atoms with Gasteiger partial charge in [-0.2, -0.15) is 5.10 Å². The molecule has 1 saturated heterocycles. The Labute approximate surface area is 168 Å². The summed E-state index contributed by atoms with van der Waals surface area (Å²) in [6.07, 6.45) is 4.43. The Kier molecular flexibility index (Phi) is 5.54. The summed E-state index contributed by atoms with van der Waals surface area (Å²) in [4.78, 5) is 22.6. The molecule has 1 aromatic carbocycles. The Morgan fingerprint density at radius 2 is 2.18 bits per heavy atom. The summed E-state index contributed by atoms with van der Waals surface area (Å²) in [5, 5.41) is 8.40. The molecule has 2 aromatic heterocycles. The molecular formula is C20H23ClN6O.